The summed E-state index contributed by atoms with van der Waals surface area (Å²) >= 11 is 0. The quantitative estimate of drug-likeness (QED) is 0.878. The van der Waals surface area contributed by atoms with Crippen LogP contribution in [0.15, 0.2) is 48.5 Å². The van der Waals surface area contributed by atoms with E-state index in [2.05, 4.69) is 5.32 Å². The van der Waals surface area contributed by atoms with Gasteiger partial charge in [-0.05, 0) is 54.8 Å². The molecule has 0 aromatic heterocycles. The Hall–Kier alpha value is -3.02. The van der Waals surface area contributed by atoms with Gasteiger partial charge in [-0.15, -0.1) is 0 Å². The molecule has 3 amide bonds. The Morgan fingerprint density at radius 2 is 1.81 bits per heavy atom. The monoisotopic (exact) mass is 367 g/mol. The molecule has 1 saturated heterocycles. The van der Waals surface area contributed by atoms with E-state index in [1.54, 1.807) is 43.3 Å². The van der Waals surface area contributed by atoms with Crippen LogP contribution in [0.1, 0.15) is 28.8 Å². The van der Waals surface area contributed by atoms with Gasteiger partial charge in [0.25, 0.3) is 5.91 Å². The molecule has 27 heavy (non-hydrogen) atoms. The molecule has 0 unspecified atom stereocenters. The predicted molar refractivity (Wildman–Crippen MR) is 105 cm³/mol. The predicted octanol–water partition coefficient (Wildman–Crippen LogP) is 3.60. The average Bonchev–Trinajstić information content (AvgIpc) is 3.23. The molecule has 3 rings (SSSR count). The van der Waals surface area contributed by atoms with Gasteiger partial charge in [0, 0.05) is 37.9 Å². The summed E-state index contributed by atoms with van der Waals surface area (Å²) < 4.78 is 5.21. The molecule has 0 saturated carbocycles. The van der Waals surface area contributed by atoms with Crippen molar-refractivity contribution in [3.05, 3.63) is 59.7 Å². The maximum absolute atomic E-state index is 12.4. The maximum atomic E-state index is 12.4. The summed E-state index contributed by atoms with van der Waals surface area (Å²) in [4.78, 5) is 28.2. The first-order chi connectivity index (χ1) is 13.1. The molecule has 1 fully saturated rings. The van der Waals surface area contributed by atoms with Crippen LogP contribution in [0.2, 0.25) is 0 Å². The van der Waals surface area contributed by atoms with Crippen molar-refractivity contribution in [3.8, 4) is 5.75 Å². The van der Waals surface area contributed by atoms with E-state index >= 15 is 0 Å². The third kappa shape index (κ3) is 4.78. The smallest absolute Gasteiger partial charge is 0.321 e. The molecule has 2 aromatic carbocycles. The van der Waals surface area contributed by atoms with E-state index in [1.165, 1.54) is 0 Å². The summed E-state index contributed by atoms with van der Waals surface area (Å²) in [6.45, 7) is 2.12. The minimum Gasteiger partial charge on any atom is -0.497 e. The molecule has 1 N–H and O–H groups in total. The number of amides is 3. The summed E-state index contributed by atoms with van der Waals surface area (Å²) in [5.41, 5.74) is 2.30. The van der Waals surface area contributed by atoms with E-state index in [0.717, 1.165) is 37.2 Å². The Kier molecular flexibility index (Phi) is 5.96. The van der Waals surface area contributed by atoms with Crippen LogP contribution >= 0.6 is 0 Å². The lowest BCUT2D eigenvalue weighted by atomic mass is 10.2. The Morgan fingerprint density at radius 1 is 1.11 bits per heavy atom. The molecule has 0 aliphatic carbocycles. The highest BCUT2D eigenvalue weighted by Gasteiger charge is 2.19. The summed E-state index contributed by atoms with van der Waals surface area (Å²) in [7, 11) is 3.35. The highest BCUT2D eigenvalue weighted by atomic mass is 16.5. The molecule has 0 atom stereocenters. The second-order valence-electron chi connectivity index (χ2n) is 6.71. The van der Waals surface area contributed by atoms with Crippen molar-refractivity contribution >= 4 is 17.6 Å². The van der Waals surface area contributed by atoms with Gasteiger partial charge in [0.15, 0.2) is 0 Å². The molecule has 0 spiro atoms. The molecule has 1 aliphatic heterocycles. The number of benzene rings is 2. The van der Waals surface area contributed by atoms with Crippen molar-refractivity contribution < 1.29 is 14.3 Å². The van der Waals surface area contributed by atoms with Gasteiger partial charge in [0.05, 0.1) is 7.11 Å². The lowest BCUT2D eigenvalue weighted by Crippen LogP contribution is -2.31. The molecule has 6 nitrogen and oxygen atoms in total. The summed E-state index contributed by atoms with van der Waals surface area (Å²) in [6.07, 6.45) is 2.14. The van der Waals surface area contributed by atoms with Crippen molar-refractivity contribution in [2.45, 2.75) is 19.4 Å². The summed E-state index contributed by atoms with van der Waals surface area (Å²) in [6, 6.07) is 14.5. The first kappa shape index (κ1) is 18.8. The van der Waals surface area contributed by atoms with Gasteiger partial charge in [-0.1, -0.05) is 12.1 Å². The van der Waals surface area contributed by atoms with E-state index in [1.807, 2.05) is 29.2 Å². The largest absolute Gasteiger partial charge is 0.497 e. The molecule has 1 aliphatic rings. The van der Waals surface area contributed by atoms with Crippen LogP contribution in [0, 0.1) is 0 Å². The Bertz CT molecular complexity index is 799. The molecular weight excluding hydrogens is 342 g/mol. The number of nitrogens with zero attached hydrogens (tertiary/aromatic N) is 2. The lowest BCUT2D eigenvalue weighted by Gasteiger charge is -2.19. The number of rotatable bonds is 5. The van der Waals surface area contributed by atoms with Crippen LogP contribution < -0.4 is 10.1 Å². The van der Waals surface area contributed by atoms with Gasteiger partial charge < -0.3 is 19.9 Å². The van der Waals surface area contributed by atoms with Gasteiger partial charge in [-0.2, -0.15) is 0 Å². The van der Waals surface area contributed by atoms with E-state index in [4.69, 9.17) is 4.74 Å². The minimum atomic E-state index is -0.212. The second-order valence-corrected chi connectivity index (χ2v) is 6.71. The second kappa shape index (κ2) is 8.58. The Morgan fingerprint density at radius 3 is 2.48 bits per heavy atom. The number of carbonyl (C=O) groups excluding carboxylic acids is 2. The minimum absolute atomic E-state index is 0.0560. The van der Waals surface area contributed by atoms with Gasteiger partial charge >= 0.3 is 6.03 Å². The summed E-state index contributed by atoms with van der Waals surface area (Å²) in [5, 5.41) is 2.86. The topological polar surface area (TPSA) is 61.9 Å². The standard InChI is InChI=1S/C21H25N3O3/c1-23(15-16-6-5-7-19(14-16)27-2)21(26)22-18-10-8-17(9-11-18)20(25)24-12-3-4-13-24/h5-11,14H,3-4,12-13,15H2,1-2H3,(H,22,26). The van der Waals surface area contributed by atoms with Crippen LogP contribution in [-0.4, -0.2) is 49.0 Å². The normalized spacial score (nSPS) is 13.3. The number of hydrogen-bond acceptors (Lipinski definition) is 3. The molecular formula is C21H25N3O3. The number of likely N-dealkylation sites (tertiary alicyclic amines) is 1. The third-order valence-corrected chi connectivity index (χ3v) is 4.68. The molecule has 0 radical (unpaired) electrons. The molecule has 6 heteroatoms. The van der Waals surface area contributed by atoms with Crippen molar-refractivity contribution in [2.24, 2.45) is 0 Å². The van der Waals surface area contributed by atoms with Crippen molar-refractivity contribution in [1.29, 1.82) is 0 Å². The number of hydrogen-bond donors (Lipinski definition) is 1. The van der Waals surface area contributed by atoms with Crippen LogP contribution in [-0.2, 0) is 6.54 Å². The third-order valence-electron chi connectivity index (χ3n) is 4.68. The van der Waals surface area contributed by atoms with Crippen LogP contribution in [0.5, 0.6) is 5.75 Å². The van der Waals surface area contributed by atoms with E-state index in [0.29, 0.717) is 17.8 Å². The molecule has 142 valence electrons. The van der Waals surface area contributed by atoms with Gasteiger partial charge in [-0.3, -0.25) is 4.79 Å². The number of methoxy groups -OCH3 is 1. The molecule has 2 aromatic rings. The fourth-order valence-electron chi connectivity index (χ4n) is 3.13. The first-order valence-corrected chi connectivity index (χ1v) is 9.11. The van der Waals surface area contributed by atoms with Gasteiger partial charge in [0.2, 0.25) is 0 Å². The Balaban J connectivity index is 1.57. The number of urea groups is 1. The lowest BCUT2D eigenvalue weighted by molar-refractivity contribution is 0.0793. The number of anilines is 1. The van der Waals surface area contributed by atoms with Gasteiger partial charge in [-0.25, -0.2) is 4.79 Å². The zero-order valence-corrected chi connectivity index (χ0v) is 15.8. The van der Waals surface area contributed by atoms with Crippen LogP contribution in [0.3, 0.4) is 0 Å². The van der Waals surface area contributed by atoms with E-state index in [9.17, 15) is 9.59 Å². The zero-order chi connectivity index (χ0) is 19.2. The van der Waals surface area contributed by atoms with Crippen molar-refractivity contribution in [1.82, 2.24) is 9.80 Å². The molecule has 0 bridgehead atoms. The maximum Gasteiger partial charge on any atom is 0.321 e. The number of nitrogens with one attached hydrogen (secondary N) is 1. The Labute approximate surface area is 159 Å². The van der Waals surface area contributed by atoms with Gasteiger partial charge in [0.1, 0.15) is 5.75 Å². The average molecular weight is 367 g/mol. The van der Waals surface area contributed by atoms with E-state index in [-0.39, 0.29) is 11.9 Å². The SMILES string of the molecule is COc1cccc(CN(C)C(=O)Nc2ccc(C(=O)N3CCCC3)cc2)c1. The zero-order valence-electron chi connectivity index (χ0n) is 15.8. The van der Waals surface area contributed by atoms with Crippen molar-refractivity contribution in [2.75, 3.05) is 32.6 Å². The molecule has 1 heterocycles. The fraction of sp³-hybridized carbons (Fsp3) is 0.333. The number of ether oxygens (including phenoxy) is 1. The van der Waals surface area contributed by atoms with Crippen LogP contribution in [0.25, 0.3) is 0 Å². The highest BCUT2D eigenvalue weighted by Crippen LogP contribution is 2.17. The fourth-order valence-corrected chi connectivity index (χ4v) is 3.13. The van der Waals surface area contributed by atoms with E-state index < -0.39 is 0 Å². The van der Waals surface area contributed by atoms with Crippen LogP contribution in [0.4, 0.5) is 10.5 Å². The highest BCUT2D eigenvalue weighted by molar-refractivity contribution is 5.95. The first-order valence-electron chi connectivity index (χ1n) is 9.11. The van der Waals surface area contributed by atoms with Crippen molar-refractivity contribution in [3.63, 3.8) is 0 Å². The number of carbonyl (C=O) groups is 2. The summed E-state index contributed by atoms with van der Waals surface area (Å²) in [5.74, 6) is 0.820.